The first-order chi connectivity index (χ1) is 6.84. The molecule has 1 fully saturated rings. The second-order valence-corrected chi connectivity index (χ2v) is 4.40. The Hall–Kier alpha value is -0.610. The highest BCUT2D eigenvalue weighted by Gasteiger charge is 2.14. The molecule has 0 spiro atoms. The molecule has 0 aromatic carbocycles. The van der Waals surface area contributed by atoms with Crippen molar-refractivity contribution >= 4 is 15.9 Å². The molecule has 1 aliphatic rings. The topological polar surface area (TPSA) is 34.1 Å². The van der Waals surface area contributed by atoms with E-state index in [1.807, 2.05) is 12.1 Å². The van der Waals surface area contributed by atoms with Crippen molar-refractivity contribution in [3.05, 3.63) is 22.8 Å². The van der Waals surface area contributed by atoms with Crippen LogP contribution in [-0.4, -0.2) is 24.7 Å². The van der Waals surface area contributed by atoms with Crippen molar-refractivity contribution in [2.45, 2.75) is 6.42 Å². The molecular formula is C10H13BrN2O. The van der Waals surface area contributed by atoms with Crippen LogP contribution in [0, 0.1) is 5.92 Å². The summed E-state index contributed by atoms with van der Waals surface area (Å²) in [6.07, 6.45) is 2.96. The van der Waals surface area contributed by atoms with E-state index in [0.717, 1.165) is 24.2 Å². The zero-order chi connectivity index (χ0) is 9.80. The molecular weight excluding hydrogens is 244 g/mol. The third-order valence-corrected chi connectivity index (χ3v) is 2.80. The van der Waals surface area contributed by atoms with Gasteiger partial charge in [0.15, 0.2) is 0 Å². The fourth-order valence-electron chi connectivity index (χ4n) is 1.51. The molecule has 0 amide bonds. The lowest BCUT2D eigenvalue weighted by atomic mass is 10.1. The van der Waals surface area contributed by atoms with Crippen LogP contribution in [0.5, 0.6) is 5.88 Å². The average molecular weight is 257 g/mol. The number of pyridine rings is 1. The molecule has 76 valence electrons. The molecule has 0 saturated carbocycles. The van der Waals surface area contributed by atoms with Crippen LogP contribution >= 0.6 is 15.9 Å². The second kappa shape index (κ2) is 4.75. The van der Waals surface area contributed by atoms with Gasteiger partial charge >= 0.3 is 0 Å². The number of aromatic nitrogens is 1. The smallest absolute Gasteiger partial charge is 0.213 e. The second-order valence-electron chi connectivity index (χ2n) is 3.48. The summed E-state index contributed by atoms with van der Waals surface area (Å²) in [6.45, 7) is 2.94. The van der Waals surface area contributed by atoms with Gasteiger partial charge in [0, 0.05) is 29.2 Å². The molecule has 4 heteroatoms. The number of halogens is 1. The van der Waals surface area contributed by atoms with Crippen molar-refractivity contribution in [2.24, 2.45) is 5.92 Å². The van der Waals surface area contributed by atoms with E-state index in [2.05, 4.69) is 26.2 Å². The predicted molar refractivity (Wildman–Crippen MR) is 58.4 cm³/mol. The van der Waals surface area contributed by atoms with Crippen molar-refractivity contribution in [3.63, 3.8) is 0 Å². The van der Waals surface area contributed by atoms with Crippen molar-refractivity contribution in [2.75, 3.05) is 19.7 Å². The van der Waals surface area contributed by atoms with Gasteiger partial charge in [-0.2, -0.15) is 0 Å². The molecule has 0 unspecified atom stereocenters. The molecule has 0 radical (unpaired) electrons. The van der Waals surface area contributed by atoms with E-state index in [4.69, 9.17) is 4.74 Å². The third kappa shape index (κ3) is 2.69. The number of nitrogens with one attached hydrogen (secondary N) is 1. The van der Waals surface area contributed by atoms with Crippen LogP contribution < -0.4 is 10.1 Å². The largest absolute Gasteiger partial charge is 0.477 e. The van der Waals surface area contributed by atoms with Crippen LogP contribution in [-0.2, 0) is 0 Å². The molecule has 1 atom stereocenters. The molecule has 1 aromatic rings. The molecule has 3 nitrogen and oxygen atoms in total. The summed E-state index contributed by atoms with van der Waals surface area (Å²) in [7, 11) is 0. The average Bonchev–Trinajstić information content (AvgIpc) is 2.70. The quantitative estimate of drug-likeness (QED) is 0.897. The van der Waals surface area contributed by atoms with Crippen LogP contribution in [0.3, 0.4) is 0 Å². The first-order valence-electron chi connectivity index (χ1n) is 4.79. The summed E-state index contributed by atoms with van der Waals surface area (Å²) < 4.78 is 6.55. The Morgan fingerprint density at radius 1 is 1.57 bits per heavy atom. The Morgan fingerprint density at radius 3 is 3.14 bits per heavy atom. The maximum Gasteiger partial charge on any atom is 0.213 e. The lowest BCUT2D eigenvalue weighted by Crippen LogP contribution is -2.15. The Labute approximate surface area is 92.0 Å². The minimum Gasteiger partial charge on any atom is -0.477 e. The lowest BCUT2D eigenvalue weighted by Gasteiger charge is -2.09. The van der Waals surface area contributed by atoms with Gasteiger partial charge in [0.2, 0.25) is 5.88 Å². The standard InChI is InChI=1S/C10H13BrN2O/c11-9-1-2-10(13-6-9)14-7-8-3-4-12-5-8/h1-2,6,8,12H,3-5,7H2/t8-/m0/s1. The van der Waals surface area contributed by atoms with Gasteiger partial charge in [0.1, 0.15) is 0 Å². The highest BCUT2D eigenvalue weighted by Crippen LogP contribution is 2.14. The summed E-state index contributed by atoms with van der Waals surface area (Å²) in [4.78, 5) is 4.15. The van der Waals surface area contributed by atoms with Crippen LogP contribution in [0.15, 0.2) is 22.8 Å². The lowest BCUT2D eigenvalue weighted by molar-refractivity contribution is 0.251. The fraction of sp³-hybridized carbons (Fsp3) is 0.500. The molecule has 2 heterocycles. The number of hydrogen-bond acceptors (Lipinski definition) is 3. The minimum absolute atomic E-state index is 0.639. The fourth-order valence-corrected chi connectivity index (χ4v) is 1.74. The molecule has 2 rings (SSSR count). The first-order valence-corrected chi connectivity index (χ1v) is 5.59. The molecule has 0 bridgehead atoms. The van der Waals surface area contributed by atoms with E-state index in [1.165, 1.54) is 6.42 Å². The van der Waals surface area contributed by atoms with E-state index in [0.29, 0.717) is 11.8 Å². The van der Waals surface area contributed by atoms with Gasteiger partial charge in [-0.3, -0.25) is 0 Å². The maximum atomic E-state index is 5.57. The number of rotatable bonds is 3. The molecule has 1 N–H and O–H groups in total. The number of hydrogen-bond donors (Lipinski definition) is 1. The highest BCUT2D eigenvalue weighted by molar-refractivity contribution is 9.10. The van der Waals surface area contributed by atoms with Gasteiger partial charge in [-0.15, -0.1) is 0 Å². The van der Waals surface area contributed by atoms with Crippen LogP contribution in [0.2, 0.25) is 0 Å². The Balaban J connectivity index is 1.82. The molecule has 1 aromatic heterocycles. The monoisotopic (exact) mass is 256 g/mol. The van der Waals surface area contributed by atoms with E-state index < -0.39 is 0 Å². The normalized spacial score (nSPS) is 21.1. The summed E-state index contributed by atoms with van der Waals surface area (Å²) in [5.41, 5.74) is 0. The van der Waals surface area contributed by atoms with Gasteiger partial charge in [0.05, 0.1) is 6.61 Å². The third-order valence-electron chi connectivity index (χ3n) is 2.33. The van der Waals surface area contributed by atoms with E-state index in [1.54, 1.807) is 6.20 Å². The molecule has 1 aliphatic heterocycles. The Kier molecular flexibility index (Phi) is 3.37. The van der Waals surface area contributed by atoms with Gasteiger partial charge in [-0.1, -0.05) is 0 Å². The summed E-state index contributed by atoms with van der Waals surface area (Å²) in [5, 5.41) is 3.31. The predicted octanol–water partition coefficient (Wildman–Crippen LogP) is 1.83. The number of nitrogens with zero attached hydrogens (tertiary/aromatic N) is 1. The van der Waals surface area contributed by atoms with Crippen LogP contribution in [0.25, 0.3) is 0 Å². The Morgan fingerprint density at radius 2 is 2.50 bits per heavy atom. The van der Waals surface area contributed by atoms with E-state index >= 15 is 0 Å². The van der Waals surface area contributed by atoms with Crippen LogP contribution in [0.1, 0.15) is 6.42 Å². The molecule has 0 aliphatic carbocycles. The van der Waals surface area contributed by atoms with Gasteiger partial charge in [-0.05, 0) is 35.0 Å². The van der Waals surface area contributed by atoms with E-state index in [-0.39, 0.29) is 0 Å². The highest BCUT2D eigenvalue weighted by atomic mass is 79.9. The van der Waals surface area contributed by atoms with E-state index in [9.17, 15) is 0 Å². The van der Waals surface area contributed by atoms with Crippen molar-refractivity contribution in [1.82, 2.24) is 10.3 Å². The summed E-state index contributed by atoms with van der Waals surface area (Å²) >= 11 is 3.33. The number of ether oxygens (including phenoxy) is 1. The zero-order valence-corrected chi connectivity index (χ0v) is 9.46. The summed E-state index contributed by atoms with van der Waals surface area (Å²) in [5.74, 6) is 1.35. The van der Waals surface area contributed by atoms with Crippen molar-refractivity contribution in [3.8, 4) is 5.88 Å². The van der Waals surface area contributed by atoms with Gasteiger partial charge in [0.25, 0.3) is 0 Å². The van der Waals surface area contributed by atoms with Crippen LogP contribution in [0.4, 0.5) is 0 Å². The van der Waals surface area contributed by atoms with Gasteiger partial charge in [-0.25, -0.2) is 4.98 Å². The molecule has 1 saturated heterocycles. The van der Waals surface area contributed by atoms with Crippen molar-refractivity contribution < 1.29 is 4.74 Å². The minimum atomic E-state index is 0.639. The zero-order valence-electron chi connectivity index (χ0n) is 7.87. The first kappa shape index (κ1) is 9.93. The van der Waals surface area contributed by atoms with Gasteiger partial charge < -0.3 is 10.1 Å². The molecule has 14 heavy (non-hydrogen) atoms. The SMILES string of the molecule is Brc1ccc(OC[C@H]2CCNC2)nc1. The summed E-state index contributed by atoms with van der Waals surface area (Å²) in [6, 6.07) is 3.82. The maximum absolute atomic E-state index is 5.57. The van der Waals surface area contributed by atoms with Crippen molar-refractivity contribution in [1.29, 1.82) is 0 Å². The Bertz CT molecular complexity index is 283.